The first-order chi connectivity index (χ1) is 5.25. The molecule has 0 saturated carbocycles. The van der Waals surface area contributed by atoms with Crippen LogP contribution in [-0.2, 0) is 0 Å². The van der Waals surface area contributed by atoms with E-state index in [2.05, 4.69) is 4.98 Å². The van der Waals surface area contributed by atoms with Crippen molar-refractivity contribution >= 4 is 0 Å². The van der Waals surface area contributed by atoms with Gasteiger partial charge in [0.05, 0.1) is 12.1 Å². The standard InChI is InChI=1S/C8H14N2O/c1-2-7(11)8(9)6-4-3-5-10-6/h3-5,7-8,10-11H,2,9H2,1H3/t7-,8+/m1/s1. The Bertz CT molecular complexity index is 196. The van der Waals surface area contributed by atoms with E-state index in [9.17, 15) is 5.11 Å². The highest BCUT2D eigenvalue weighted by Crippen LogP contribution is 2.13. The molecular weight excluding hydrogens is 140 g/mol. The topological polar surface area (TPSA) is 62.0 Å². The van der Waals surface area contributed by atoms with Crippen molar-refractivity contribution < 1.29 is 5.11 Å². The van der Waals surface area contributed by atoms with E-state index in [0.717, 1.165) is 5.69 Å². The minimum atomic E-state index is -0.450. The lowest BCUT2D eigenvalue weighted by molar-refractivity contribution is 0.139. The quantitative estimate of drug-likeness (QED) is 0.602. The average Bonchev–Trinajstić information content (AvgIpc) is 2.53. The van der Waals surface area contributed by atoms with Crippen molar-refractivity contribution in [3.63, 3.8) is 0 Å². The highest BCUT2D eigenvalue weighted by molar-refractivity contribution is 5.09. The van der Waals surface area contributed by atoms with E-state index in [1.165, 1.54) is 0 Å². The Morgan fingerprint density at radius 2 is 2.45 bits per heavy atom. The van der Waals surface area contributed by atoms with Gasteiger partial charge in [-0.1, -0.05) is 6.92 Å². The summed E-state index contributed by atoms with van der Waals surface area (Å²) in [4.78, 5) is 2.97. The fourth-order valence-electron chi connectivity index (χ4n) is 1.01. The molecule has 1 aromatic rings. The molecule has 11 heavy (non-hydrogen) atoms. The van der Waals surface area contributed by atoms with Crippen LogP contribution in [0, 0.1) is 0 Å². The predicted octanol–water partition coefficient (Wildman–Crippen LogP) is 0.785. The lowest BCUT2D eigenvalue weighted by atomic mass is 10.1. The average molecular weight is 154 g/mol. The van der Waals surface area contributed by atoms with Gasteiger partial charge in [0.2, 0.25) is 0 Å². The summed E-state index contributed by atoms with van der Waals surface area (Å²) in [6.45, 7) is 1.91. The molecule has 1 aromatic heterocycles. The first kappa shape index (κ1) is 8.30. The van der Waals surface area contributed by atoms with E-state index in [-0.39, 0.29) is 6.04 Å². The highest BCUT2D eigenvalue weighted by atomic mass is 16.3. The second-order valence-electron chi connectivity index (χ2n) is 2.63. The minimum absolute atomic E-state index is 0.282. The molecule has 0 saturated heterocycles. The lowest BCUT2D eigenvalue weighted by Crippen LogP contribution is -2.25. The molecule has 3 heteroatoms. The maximum absolute atomic E-state index is 9.35. The van der Waals surface area contributed by atoms with E-state index >= 15 is 0 Å². The molecular formula is C8H14N2O. The normalized spacial score (nSPS) is 16.3. The number of H-pyrrole nitrogens is 1. The van der Waals surface area contributed by atoms with E-state index in [4.69, 9.17) is 5.73 Å². The number of aliphatic hydroxyl groups is 1. The van der Waals surface area contributed by atoms with Crippen molar-refractivity contribution in [1.29, 1.82) is 0 Å². The molecule has 3 nitrogen and oxygen atoms in total. The molecule has 0 spiro atoms. The number of rotatable bonds is 3. The molecule has 0 aliphatic carbocycles. The van der Waals surface area contributed by atoms with Gasteiger partial charge in [-0.2, -0.15) is 0 Å². The third-order valence-electron chi connectivity index (χ3n) is 1.81. The van der Waals surface area contributed by atoms with Gasteiger partial charge in [-0.15, -0.1) is 0 Å². The Kier molecular flexibility index (Phi) is 2.68. The van der Waals surface area contributed by atoms with Crippen LogP contribution in [0.3, 0.4) is 0 Å². The molecule has 1 heterocycles. The van der Waals surface area contributed by atoms with Crippen LogP contribution < -0.4 is 5.73 Å². The molecule has 0 fully saturated rings. The molecule has 4 N–H and O–H groups in total. The van der Waals surface area contributed by atoms with Crippen LogP contribution in [0.1, 0.15) is 25.1 Å². The molecule has 0 aromatic carbocycles. The number of nitrogens with one attached hydrogen (secondary N) is 1. The summed E-state index contributed by atoms with van der Waals surface area (Å²) in [5.41, 5.74) is 6.60. The zero-order valence-corrected chi connectivity index (χ0v) is 6.62. The predicted molar refractivity (Wildman–Crippen MR) is 44.0 cm³/mol. The third-order valence-corrected chi connectivity index (χ3v) is 1.81. The van der Waals surface area contributed by atoms with Gasteiger partial charge in [-0.3, -0.25) is 0 Å². The second-order valence-corrected chi connectivity index (χ2v) is 2.63. The number of nitrogens with two attached hydrogens (primary N) is 1. The molecule has 0 aliphatic rings. The molecule has 0 amide bonds. The lowest BCUT2D eigenvalue weighted by Gasteiger charge is -2.15. The first-order valence-corrected chi connectivity index (χ1v) is 3.82. The summed E-state index contributed by atoms with van der Waals surface area (Å²) in [6, 6.07) is 3.47. The minimum Gasteiger partial charge on any atom is -0.391 e. The summed E-state index contributed by atoms with van der Waals surface area (Å²) in [5.74, 6) is 0. The summed E-state index contributed by atoms with van der Waals surface area (Å²) < 4.78 is 0. The second kappa shape index (κ2) is 3.55. The number of aromatic amines is 1. The van der Waals surface area contributed by atoms with E-state index in [1.807, 2.05) is 19.1 Å². The fraction of sp³-hybridized carbons (Fsp3) is 0.500. The maximum Gasteiger partial charge on any atom is 0.0744 e. The highest BCUT2D eigenvalue weighted by Gasteiger charge is 2.14. The Labute approximate surface area is 66.2 Å². The van der Waals surface area contributed by atoms with Gasteiger partial charge >= 0.3 is 0 Å². The summed E-state index contributed by atoms with van der Waals surface area (Å²) in [7, 11) is 0. The first-order valence-electron chi connectivity index (χ1n) is 3.82. The van der Waals surface area contributed by atoms with Crippen molar-refractivity contribution in [2.75, 3.05) is 0 Å². The van der Waals surface area contributed by atoms with Crippen molar-refractivity contribution in [2.24, 2.45) is 5.73 Å². The van der Waals surface area contributed by atoms with Crippen molar-refractivity contribution in [2.45, 2.75) is 25.5 Å². The Morgan fingerprint density at radius 3 is 2.91 bits per heavy atom. The molecule has 0 radical (unpaired) electrons. The number of hydrogen-bond donors (Lipinski definition) is 3. The SMILES string of the molecule is CC[C@@H](O)[C@@H](N)c1ccc[nH]1. The molecule has 0 aliphatic heterocycles. The van der Waals surface area contributed by atoms with Gasteiger partial charge in [-0.25, -0.2) is 0 Å². The summed E-state index contributed by atoms with van der Waals surface area (Å²) in [5, 5.41) is 9.35. The monoisotopic (exact) mass is 154 g/mol. The Morgan fingerprint density at radius 1 is 1.73 bits per heavy atom. The largest absolute Gasteiger partial charge is 0.391 e. The summed E-state index contributed by atoms with van der Waals surface area (Å²) in [6.07, 6.45) is 2.03. The molecule has 62 valence electrons. The molecule has 2 atom stereocenters. The Balaban J connectivity index is 2.62. The zero-order valence-electron chi connectivity index (χ0n) is 6.62. The molecule has 0 bridgehead atoms. The number of hydrogen-bond acceptors (Lipinski definition) is 2. The maximum atomic E-state index is 9.35. The van der Waals surface area contributed by atoms with Crippen LogP contribution in [0.2, 0.25) is 0 Å². The number of aromatic nitrogens is 1. The van der Waals surface area contributed by atoms with Crippen molar-refractivity contribution in [3.05, 3.63) is 24.0 Å². The summed E-state index contributed by atoms with van der Waals surface area (Å²) >= 11 is 0. The molecule has 0 unspecified atom stereocenters. The van der Waals surface area contributed by atoms with Gasteiger partial charge < -0.3 is 15.8 Å². The molecule has 1 rings (SSSR count). The smallest absolute Gasteiger partial charge is 0.0744 e. The van der Waals surface area contributed by atoms with Crippen LogP contribution in [0.25, 0.3) is 0 Å². The van der Waals surface area contributed by atoms with Crippen molar-refractivity contribution in [1.82, 2.24) is 4.98 Å². The fourth-order valence-corrected chi connectivity index (χ4v) is 1.01. The van der Waals surface area contributed by atoms with Gasteiger partial charge in [0.25, 0.3) is 0 Å². The van der Waals surface area contributed by atoms with E-state index < -0.39 is 6.10 Å². The van der Waals surface area contributed by atoms with Crippen LogP contribution in [0.15, 0.2) is 18.3 Å². The van der Waals surface area contributed by atoms with Crippen LogP contribution in [0.4, 0.5) is 0 Å². The van der Waals surface area contributed by atoms with E-state index in [1.54, 1.807) is 6.20 Å². The van der Waals surface area contributed by atoms with Crippen LogP contribution >= 0.6 is 0 Å². The Hall–Kier alpha value is -0.800. The number of aliphatic hydroxyl groups excluding tert-OH is 1. The van der Waals surface area contributed by atoms with Gasteiger partial charge in [0, 0.05) is 11.9 Å². The van der Waals surface area contributed by atoms with Crippen LogP contribution in [0.5, 0.6) is 0 Å². The van der Waals surface area contributed by atoms with Crippen molar-refractivity contribution in [3.8, 4) is 0 Å². The zero-order chi connectivity index (χ0) is 8.27. The van der Waals surface area contributed by atoms with Gasteiger partial charge in [-0.05, 0) is 18.6 Å². The van der Waals surface area contributed by atoms with E-state index in [0.29, 0.717) is 6.42 Å². The van der Waals surface area contributed by atoms with Gasteiger partial charge in [0.1, 0.15) is 0 Å². The van der Waals surface area contributed by atoms with Gasteiger partial charge in [0.15, 0.2) is 0 Å². The third kappa shape index (κ3) is 1.82. The van der Waals surface area contributed by atoms with Crippen LogP contribution in [-0.4, -0.2) is 16.2 Å².